The third-order valence-electron chi connectivity index (χ3n) is 6.32. The maximum absolute atomic E-state index is 13.4. The number of rotatable bonds is 7. The van der Waals surface area contributed by atoms with Crippen molar-refractivity contribution in [2.75, 3.05) is 12.0 Å². The van der Waals surface area contributed by atoms with Crippen LogP contribution in [0.3, 0.4) is 0 Å². The first kappa shape index (κ1) is 25.0. The zero-order chi connectivity index (χ0) is 26.0. The van der Waals surface area contributed by atoms with Gasteiger partial charge in [0.15, 0.2) is 0 Å². The Kier molecular flexibility index (Phi) is 7.15. The normalized spacial score (nSPS) is 17.1. The van der Waals surface area contributed by atoms with Gasteiger partial charge in [-0.1, -0.05) is 31.2 Å². The maximum Gasteiger partial charge on any atom is 0.300 e. The Labute approximate surface area is 211 Å². The molecule has 1 N–H and O–H groups in total. The van der Waals surface area contributed by atoms with Crippen molar-refractivity contribution in [2.45, 2.75) is 46.3 Å². The molecule has 0 radical (unpaired) electrons. The largest absolute Gasteiger partial charge is 0.507 e. The molecule has 1 fully saturated rings. The van der Waals surface area contributed by atoms with Crippen molar-refractivity contribution in [3.63, 3.8) is 0 Å². The third-order valence-corrected chi connectivity index (χ3v) is 6.32. The molecule has 0 saturated carbocycles. The fourth-order valence-electron chi connectivity index (χ4n) is 4.48. The standard InChI is InChI=1S/C30H31NO5/c1-6-20-7-9-21(10-8-20)27-26(28(32)25-16-15-24(35-5)17-19(25)4)29(33)30(34)31(27)22-11-13-23(14-12-22)36-18(2)3/h7-18,27,32H,6H2,1-5H3/b28-26-. The van der Waals surface area contributed by atoms with E-state index in [1.807, 2.05) is 45.0 Å². The van der Waals surface area contributed by atoms with E-state index in [0.717, 1.165) is 23.1 Å². The molecule has 36 heavy (non-hydrogen) atoms. The first-order valence-corrected chi connectivity index (χ1v) is 12.1. The minimum atomic E-state index is -0.783. The Hall–Kier alpha value is -4.06. The van der Waals surface area contributed by atoms with Crippen molar-refractivity contribution in [2.24, 2.45) is 0 Å². The lowest BCUT2D eigenvalue weighted by Crippen LogP contribution is -2.29. The van der Waals surface area contributed by atoms with E-state index in [2.05, 4.69) is 6.92 Å². The summed E-state index contributed by atoms with van der Waals surface area (Å²) < 4.78 is 11.0. The molecule has 1 unspecified atom stereocenters. The Morgan fingerprint density at radius 2 is 1.61 bits per heavy atom. The van der Waals surface area contributed by atoms with Crippen LogP contribution in [0.4, 0.5) is 5.69 Å². The van der Waals surface area contributed by atoms with Gasteiger partial charge in [-0.2, -0.15) is 0 Å². The van der Waals surface area contributed by atoms with E-state index in [4.69, 9.17) is 9.47 Å². The second-order valence-corrected chi connectivity index (χ2v) is 9.11. The van der Waals surface area contributed by atoms with Crippen molar-refractivity contribution in [1.29, 1.82) is 0 Å². The highest BCUT2D eigenvalue weighted by Crippen LogP contribution is 2.43. The number of hydrogen-bond acceptors (Lipinski definition) is 5. The van der Waals surface area contributed by atoms with E-state index in [0.29, 0.717) is 22.7 Å². The summed E-state index contributed by atoms with van der Waals surface area (Å²) in [6.07, 6.45) is 0.873. The minimum absolute atomic E-state index is 0.00916. The number of nitrogens with zero attached hydrogens (tertiary/aromatic N) is 1. The van der Waals surface area contributed by atoms with Crippen LogP contribution in [-0.4, -0.2) is 30.0 Å². The molecular formula is C30H31NO5. The summed E-state index contributed by atoms with van der Waals surface area (Å²) >= 11 is 0. The first-order chi connectivity index (χ1) is 17.2. The summed E-state index contributed by atoms with van der Waals surface area (Å²) in [5.41, 5.74) is 3.68. The zero-order valence-corrected chi connectivity index (χ0v) is 21.2. The predicted molar refractivity (Wildman–Crippen MR) is 141 cm³/mol. The molecule has 1 atom stereocenters. The van der Waals surface area contributed by atoms with Crippen molar-refractivity contribution in [3.8, 4) is 11.5 Å². The number of ketones is 1. The summed E-state index contributed by atoms with van der Waals surface area (Å²) in [5, 5.41) is 11.4. The molecule has 3 aromatic carbocycles. The van der Waals surface area contributed by atoms with Crippen LogP contribution in [-0.2, 0) is 16.0 Å². The summed E-state index contributed by atoms with van der Waals surface area (Å²) in [4.78, 5) is 28.2. The van der Waals surface area contributed by atoms with Crippen LogP contribution in [0.15, 0.2) is 72.3 Å². The zero-order valence-electron chi connectivity index (χ0n) is 21.2. The van der Waals surface area contributed by atoms with Crippen LogP contribution in [0.2, 0.25) is 0 Å². The van der Waals surface area contributed by atoms with Gasteiger partial charge in [0.2, 0.25) is 0 Å². The molecule has 0 spiro atoms. The maximum atomic E-state index is 13.4. The summed E-state index contributed by atoms with van der Waals surface area (Å²) in [5.74, 6) is -0.317. The number of aryl methyl sites for hydroxylation is 2. The van der Waals surface area contributed by atoms with Crippen LogP contribution in [0.25, 0.3) is 5.76 Å². The smallest absolute Gasteiger partial charge is 0.300 e. The van der Waals surface area contributed by atoms with Crippen LogP contribution in [0.5, 0.6) is 11.5 Å². The SMILES string of the molecule is CCc1ccc(C2/C(=C(/O)c3ccc(OC)cc3C)C(=O)C(=O)N2c2ccc(OC(C)C)cc2)cc1. The van der Waals surface area contributed by atoms with Gasteiger partial charge < -0.3 is 14.6 Å². The average molecular weight is 486 g/mol. The molecule has 0 aromatic heterocycles. The lowest BCUT2D eigenvalue weighted by molar-refractivity contribution is -0.132. The fourth-order valence-corrected chi connectivity index (χ4v) is 4.48. The van der Waals surface area contributed by atoms with Gasteiger partial charge in [-0.3, -0.25) is 14.5 Å². The monoisotopic (exact) mass is 485 g/mol. The Morgan fingerprint density at radius 1 is 0.972 bits per heavy atom. The Morgan fingerprint density at radius 3 is 2.17 bits per heavy atom. The number of Topliss-reactive ketones (excluding diaryl/α,β-unsaturated/α-hetero) is 1. The quantitative estimate of drug-likeness (QED) is 0.253. The van der Waals surface area contributed by atoms with E-state index in [1.165, 1.54) is 4.90 Å². The molecule has 1 saturated heterocycles. The fraction of sp³-hybridized carbons (Fsp3) is 0.267. The number of amides is 1. The summed E-state index contributed by atoms with van der Waals surface area (Å²) in [6.45, 7) is 7.77. The van der Waals surface area contributed by atoms with Crippen LogP contribution in [0, 0.1) is 6.92 Å². The lowest BCUT2D eigenvalue weighted by atomic mass is 9.93. The van der Waals surface area contributed by atoms with E-state index < -0.39 is 17.7 Å². The molecule has 6 heteroatoms. The first-order valence-electron chi connectivity index (χ1n) is 12.1. The molecule has 3 aromatic rings. The van der Waals surface area contributed by atoms with E-state index >= 15 is 0 Å². The minimum Gasteiger partial charge on any atom is -0.507 e. The molecule has 4 rings (SSSR count). The van der Waals surface area contributed by atoms with E-state index in [1.54, 1.807) is 49.6 Å². The van der Waals surface area contributed by atoms with Gasteiger partial charge in [0.05, 0.1) is 24.8 Å². The number of hydrogen-bond donors (Lipinski definition) is 1. The van der Waals surface area contributed by atoms with Crippen molar-refractivity contribution >= 4 is 23.1 Å². The molecule has 1 aliphatic heterocycles. The number of aliphatic hydroxyl groups is 1. The van der Waals surface area contributed by atoms with E-state index in [-0.39, 0.29) is 17.4 Å². The van der Waals surface area contributed by atoms with Crippen LogP contribution in [0.1, 0.15) is 49.1 Å². The third kappa shape index (κ3) is 4.71. The van der Waals surface area contributed by atoms with Crippen molar-refractivity contribution < 1.29 is 24.2 Å². The van der Waals surface area contributed by atoms with Gasteiger partial charge in [0.25, 0.3) is 11.7 Å². The molecule has 0 bridgehead atoms. The second-order valence-electron chi connectivity index (χ2n) is 9.11. The lowest BCUT2D eigenvalue weighted by Gasteiger charge is -2.26. The Balaban J connectivity index is 1.88. The number of methoxy groups -OCH3 is 1. The summed E-state index contributed by atoms with van der Waals surface area (Å²) in [6, 6.07) is 19.3. The van der Waals surface area contributed by atoms with Crippen LogP contribution < -0.4 is 14.4 Å². The van der Waals surface area contributed by atoms with Gasteiger partial charge in [-0.25, -0.2) is 0 Å². The molecule has 1 heterocycles. The van der Waals surface area contributed by atoms with Gasteiger partial charge in [-0.05, 0) is 86.3 Å². The number of carbonyl (C=O) groups excluding carboxylic acids is 2. The van der Waals surface area contributed by atoms with E-state index in [9.17, 15) is 14.7 Å². The molecule has 186 valence electrons. The van der Waals surface area contributed by atoms with Crippen molar-refractivity contribution in [3.05, 3.63) is 94.6 Å². The predicted octanol–water partition coefficient (Wildman–Crippen LogP) is 5.98. The molecular weight excluding hydrogens is 454 g/mol. The topological polar surface area (TPSA) is 76.1 Å². The molecule has 6 nitrogen and oxygen atoms in total. The Bertz CT molecular complexity index is 1310. The number of anilines is 1. The number of carbonyl (C=O) groups is 2. The van der Waals surface area contributed by atoms with Gasteiger partial charge >= 0.3 is 0 Å². The highest BCUT2D eigenvalue weighted by atomic mass is 16.5. The number of aliphatic hydroxyl groups excluding tert-OH is 1. The average Bonchev–Trinajstić information content (AvgIpc) is 3.14. The second kappa shape index (κ2) is 10.3. The highest BCUT2D eigenvalue weighted by molar-refractivity contribution is 6.51. The highest BCUT2D eigenvalue weighted by Gasteiger charge is 2.47. The molecule has 1 aliphatic rings. The number of benzene rings is 3. The number of ether oxygens (including phenoxy) is 2. The van der Waals surface area contributed by atoms with Crippen LogP contribution >= 0.6 is 0 Å². The molecule has 0 aliphatic carbocycles. The summed E-state index contributed by atoms with van der Waals surface area (Å²) in [7, 11) is 1.57. The van der Waals surface area contributed by atoms with Gasteiger partial charge in [0, 0.05) is 11.3 Å². The van der Waals surface area contributed by atoms with Crippen molar-refractivity contribution in [1.82, 2.24) is 0 Å². The molecule has 1 amide bonds. The van der Waals surface area contributed by atoms with Gasteiger partial charge in [-0.15, -0.1) is 0 Å². The van der Waals surface area contributed by atoms with Gasteiger partial charge in [0.1, 0.15) is 17.3 Å².